The molecule has 0 spiro atoms. The Bertz CT molecular complexity index is 896. The van der Waals surface area contributed by atoms with Crippen LogP contribution in [0.4, 0.5) is 11.6 Å². The lowest BCUT2D eigenvalue weighted by Crippen LogP contribution is -2.16. The lowest BCUT2D eigenvalue weighted by molar-refractivity contribution is 0.102. The molecule has 0 fully saturated rings. The van der Waals surface area contributed by atoms with Gasteiger partial charge in [0, 0.05) is 17.9 Å². The Labute approximate surface area is 158 Å². The van der Waals surface area contributed by atoms with Crippen LogP contribution in [0.1, 0.15) is 29.5 Å². The molecule has 3 rings (SSSR count). The van der Waals surface area contributed by atoms with Crippen molar-refractivity contribution < 1.29 is 9.53 Å². The Balaban J connectivity index is 1.66. The molecule has 0 atom stereocenters. The van der Waals surface area contributed by atoms with E-state index in [1.807, 2.05) is 49.4 Å². The van der Waals surface area contributed by atoms with E-state index in [0.29, 0.717) is 23.1 Å². The van der Waals surface area contributed by atoms with Gasteiger partial charge in [-0.2, -0.15) is 0 Å². The minimum atomic E-state index is -0.281. The summed E-state index contributed by atoms with van der Waals surface area (Å²) >= 11 is 0. The lowest BCUT2D eigenvalue weighted by atomic mass is 10.2. The molecule has 6 heteroatoms. The summed E-state index contributed by atoms with van der Waals surface area (Å²) in [4.78, 5) is 21.1. The van der Waals surface area contributed by atoms with Gasteiger partial charge in [-0.1, -0.05) is 25.1 Å². The van der Waals surface area contributed by atoms with Crippen molar-refractivity contribution in [3.05, 3.63) is 72.1 Å². The Kier molecular flexibility index (Phi) is 5.99. The van der Waals surface area contributed by atoms with Crippen molar-refractivity contribution in [2.24, 2.45) is 0 Å². The van der Waals surface area contributed by atoms with Crippen LogP contribution in [0.15, 0.2) is 60.7 Å². The van der Waals surface area contributed by atoms with Crippen molar-refractivity contribution in [1.82, 2.24) is 9.97 Å². The standard InChI is InChI=1S/C21H22N4O2/c1-3-13-22-21-23-15(2)14-19(25-21)20(26)24-16-9-11-18(12-10-16)27-17-7-5-4-6-8-17/h4-12,14H,3,13H2,1-2H3,(H,24,26)(H,22,23,25). The number of aromatic nitrogens is 2. The van der Waals surface area contributed by atoms with Gasteiger partial charge in [0.2, 0.25) is 5.95 Å². The van der Waals surface area contributed by atoms with Crippen LogP contribution in [0.5, 0.6) is 11.5 Å². The Morgan fingerprint density at radius 2 is 1.70 bits per heavy atom. The van der Waals surface area contributed by atoms with E-state index in [0.717, 1.165) is 24.4 Å². The average Bonchev–Trinajstić information content (AvgIpc) is 2.68. The number of nitrogens with one attached hydrogen (secondary N) is 2. The fraction of sp³-hybridized carbons (Fsp3) is 0.190. The highest BCUT2D eigenvalue weighted by Gasteiger charge is 2.11. The van der Waals surface area contributed by atoms with Crippen molar-refractivity contribution in [3.8, 4) is 11.5 Å². The zero-order valence-corrected chi connectivity index (χ0v) is 15.4. The number of amides is 1. The molecule has 0 saturated heterocycles. The number of nitrogens with zero attached hydrogens (tertiary/aromatic N) is 2. The second-order valence-corrected chi connectivity index (χ2v) is 6.04. The summed E-state index contributed by atoms with van der Waals surface area (Å²) in [5.74, 6) is 1.64. The van der Waals surface area contributed by atoms with Crippen LogP contribution >= 0.6 is 0 Å². The van der Waals surface area contributed by atoms with Gasteiger partial charge in [-0.3, -0.25) is 4.79 Å². The summed E-state index contributed by atoms with van der Waals surface area (Å²) in [5.41, 5.74) is 1.73. The predicted molar refractivity (Wildman–Crippen MR) is 106 cm³/mol. The maximum Gasteiger partial charge on any atom is 0.274 e. The van der Waals surface area contributed by atoms with Crippen LogP contribution in [0.3, 0.4) is 0 Å². The van der Waals surface area contributed by atoms with Gasteiger partial charge in [0.15, 0.2) is 0 Å². The Morgan fingerprint density at radius 3 is 2.41 bits per heavy atom. The summed E-state index contributed by atoms with van der Waals surface area (Å²) in [6.45, 7) is 4.65. The van der Waals surface area contributed by atoms with Gasteiger partial charge in [0.25, 0.3) is 5.91 Å². The molecule has 0 aliphatic heterocycles. The normalized spacial score (nSPS) is 10.3. The fourth-order valence-electron chi connectivity index (χ4n) is 2.43. The molecule has 138 valence electrons. The maximum atomic E-state index is 12.5. The quantitative estimate of drug-likeness (QED) is 0.640. The second kappa shape index (κ2) is 8.80. The topological polar surface area (TPSA) is 76.1 Å². The molecule has 0 bridgehead atoms. The molecule has 3 aromatic rings. The second-order valence-electron chi connectivity index (χ2n) is 6.04. The van der Waals surface area contributed by atoms with Crippen LogP contribution < -0.4 is 15.4 Å². The summed E-state index contributed by atoms with van der Waals surface area (Å²) in [6, 6.07) is 18.4. The third kappa shape index (κ3) is 5.28. The van der Waals surface area contributed by atoms with Crippen molar-refractivity contribution >= 4 is 17.5 Å². The number of anilines is 2. The fourth-order valence-corrected chi connectivity index (χ4v) is 2.43. The first-order chi connectivity index (χ1) is 13.1. The van der Waals surface area contributed by atoms with E-state index in [-0.39, 0.29) is 5.91 Å². The summed E-state index contributed by atoms with van der Waals surface area (Å²) < 4.78 is 5.75. The number of benzene rings is 2. The highest BCUT2D eigenvalue weighted by atomic mass is 16.5. The molecule has 1 heterocycles. The summed E-state index contributed by atoms with van der Waals surface area (Å²) in [7, 11) is 0. The molecule has 0 radical (unpaired) electrons. The third-order valence-corrected chi connectivity index (χ3v) is 3.71. The smallest absolute Gasteiger partial charge is 0.274 e. The lowest BCUT2D eigenvalue weighted by Gasteiger charge is -2.09. The van der Waals surface area contributed by atoms with E-state index in [1.165, 1.54) is 0 Å². The molecule has 0 aliphatic carbocycles. The number of hydrogen-bond donors (Lipinski definition) is 2. The molecular weight excluding hydrogens is 340 g/mol. The van der Waals surface area contributed by atoms with Crippen LogP contribution in [0.2, 0.25) is 0 Å². The molecule has 0 saturated carbocycles. The van der Waals surface area contributed by atoms with Gasteiger partial charge in [-0.25, -0.2) is 9.97 Å². The van der Waals surface area contributed by atoms with E-state index < -0.39 is 0 Å². The van der Waals surface area contributed by atoms with Crippen LogP contribution in [-0.2, 0) is 0 Å². The maximum absolute atomic E-state index is 12.5. The van der Waals surface area contributed by atoms with Gasteiger partial charge >= 0.3 is 0 Å². The van der Waals surface area contributed by atoms with E-state index in [4.69, 9.17) is 4.74 Å². The number of para-hydroxylation sites is 1. The molecule has 2 aromatic carbocycles. The highest BCUT2D eigenvalue weighted by Crippen LogP contribution is 2.22. The van der Waals surface area contributed by atoms with Gasteiger partial charge in [0.05, 0.1) is 0 Å². The molecule has 6 nitrogen and oxygen atoms in total. The van der Waals surface area contributed by atoms with Gasteiger partial charge in [-0.15, -0.1) is 0 Å². The van der Waals surface area contributed by atoms with Gasteiger partial charge in [-0.05, 0) is 55.8 Å². The Hall–Kier alpha value is -3.41. The van der Waals surface area contributed by atoms with Crippen molar-refractivity contribution in [2.45, 2.75) is 20.3 Å². The van der Waals surface area contributed by atoms with Crippen LogP contribution in [0.25, 0.3) is 0 Å². The monoisotopic (exact) mass is 362 g/mol. The molecule has 2 N–H and O–H groups in total. The number of aryl methyl sites for hydroxylation is 1. The minimum Gasteiger partial charge on any atom is -0.457 e. The number of rotatable bonds is 7. The van der Waals surface area contributed by atoms with Crippen LogP contribution in [-0.4, -0.2) is 22.4 Å². The first kappa shape index (κ1) is 18.4. The number of carbonyl (C=O) groups excluding carboxylic acids is 1. The zero-order chi connectivity index (χ0) is 19.1. The first-order valence-corrected chi connectivity index (χ1v) is 8.88. The minimum absolute atomic E-state index is 0.281. The number of carbonyl (C=O) groups is 1. The Morgan fingerprint density at radius 1 is 1.00 bits per heavy atom. The molecule has 1 amide bonds. The molecule has 27 heavy (non-hydrogen) atoms. The first-order valence-electron chi connectivity index (χ1n) is 8.88. The number of ether oxygens (including phenoxy) is 1. The van der Waals surface area contributed by atoms with Crippen molar-refractivity contribution in [2.75, 3.05) is 17.2 Å². The van der Waals surface area contributed by atoms with E-state index in [2.05, 4.69) is 27.5 Å². The van der Waals surface area contributed by atoms with Crippen LogP contribution in [0, 0.1) is 6.92 Å². The largest absolute Gasteiger partial charge is 0.457 e. The zero-order valence-electron chi connectivity index (χ0n) is 15.4. The molecular formula is C21H22N4O2. The molecule has 0 unspecified atom stereocenters. The summed E-state index contributed by atoms with van der Waals surface area (Å²) in [5, 5.41) is 5.95. The van der Waals surface area contributed by atoms with Gasteiger partial charge in [0.1, 0.15) is 17.2 Å². The van der Waals surface area contributed by atoms with Crippen molar-refractivity contribution in [3.63, 3.8) is 0 Å². The SMILES string of the molecule is CCCNc1nc(C)cc(C(=O)Nc2ccc(Oc3ccccc3)cc2)n1. The van der Waals surface area contributed by atoms with Crippen molar-refractivity contribution in [1.29, 1.82) is 0 Å². The number of hydrogen-bond acceptors (Lipinski definition) is 5. The van der Waals surface area contributed by atoms with Gasteiger partial charge < -0.3 is 15.4 Å². The molecule has 0 aliphatic rings. The summed E-state index contributed by atoms with van der Waals surface area (Å²) in [6.07, 6.45) is 0.955. The predicted octanol–water partition coefficient (Wildman–Crippen LogP) is 4.65. The van der Waals surface area contributed by atoms with E-state index in [1.54, 1.807) is 18.2 Å². The third-order valence-electron chi connectivity index (χ3n) is 3.71. The van der Waals surface area contributed by atoms with E-state index >= 15 is 0 Å². The van der Waals surface area contributed by atoms with E-state index in [9.17, 15) is 4.79 Å². The highest BCUT2D eigenvalue weighted by molar-refractivity contribution is 6.03. The molecule has 1 aromatic heterocycles. The average molecular weight is 362 g/mol.